The highest BCUT2D eigenvalue weighted by molar-refractivity contribution is 5.95. The van der Waals surface area contributed by atoms with Crippen molar-refractivity contribution in [3.8, 4) is 6.07 Å². The van der Waals surface area contributed by atoms with Gasteiger partial charge in [0, 0.05) is 11.3 Å². The first-order valence-corrected chi connectivity index (χ1v) is 7.88. The van der Waals surface area contributed by atoms with Crippen LogP contribution in [0.25, 0.3) is 0 Å². The van der Waals surface area contributed by atoms with Gasteiger partial charge >= 0.3 is 6.18 Å². The van der Waals surface area contributed by atoms with E-state index in [1.165, 1.54) is 18.2 Å². The summed E-state index contributed by atoms with van der Waals surface area (Å²) in [5.41, 5.74) is -0.593. The fourth-order valence-corrected chi connectivity index (χ4v) is 1.87. The van der Waals surface area contributed by atoms with Crippen LogP contribution in [0.3, 0.4) is 0 Å². The Morgan fingerprint density at radius 3 is 2.46 bits per heavy atom. The van der Waals surface area contributed by atoms with Gasteiger partial charge in [0.1, 0.15) is 12.1 Å². The first-order valence-electron chi connectivity index (χ1n) is 7.88. The average Bonchev–Trinajstić information content (AvgIpc) is 2.57. The van der Waals surface area contributed by atoms with E-state index < -0.39 is 30.1 Å². The third-order valence-corrected chi connectivity index (χ3v) is 3.81. The maximum absolute atomic E-state index is 12.1. The first-order chi connectivity index (χ1) is 12.0. The number of halogens is 3. The molecule has 1 aromatic carbocycles. The van der Waals surface area contributed by atoms with Crippen LogP contribution in [0.5, 0.6) is 0 Å². The molecule has 0 aromatic heterocycles. The Labute approximate surface area is 149 Å². The summed E-state index contributed by atoms with van der Waals surface area (Å²) in [6.45, 7) is 3.65. The number of carbonyl (C=O) groups excluding carboxylic acids is 2. The zero-order valence-electron chi connectivity index (χ0n) is 14.7. The molecule has 0 aliphatic carbocycles. The fourth-order valence-electron chi connectivity index (χ4n) is 1.87. The lowest BCUT2D eigenvalue weighted by Gasteiger charge is -2.27. The SMILES string of the molecule is CC(C)C(C)(C#N)NC(=O)CNc1cccc(C(=O)NCC(F)(F)F)c1. The number of nitriles is 1. The molecule has 1 aromatic rings. The highest BCUT2D eigenvalue weighted by Crippen LogP contribution is 2.16. The van der Waals surface area contributed by atoms with Gasteiger partial charge in [0.25, 0.3) is 5.91 Å². The highest BCUT2D eigenvalue weighted by Gasteiger charge is 2.30. The summed E-state index contributed by atoms with van der Waals surface area (Å²) in [6, 6.07) is 7.81. The molecule has 142 valence electrons. The molecular formula is C17H21F3N4O2. The minimum absolute atomic E-state index is 0.0312. The molecule has 26 heavy (non-hydrogen) atoms. The van der Waals surface area contributed by atoms with Crippen molar-refractivity contribution in [3.05, 3.63) is 29.8 Å². The Morgan fingerprint density at radius 2 is 1.92 bits per heavy atom. The van der Waals surface area contributed by atoms with Crippen molar-refractivity contribution in [2.75, 3.05) is 18.4 Å². The number of benzene rings is 1. The minimum Gasteiger partial charge on any atom is -0.376 e. The van der Waals surface area contributed by atoms with Gasteiger partial charge in [-0.2, -0.15) is 18.4 Å². The van der Waals surface area contributed by atoms with E-state index in [1.807, 2.05) is 0 Å². The Kier molecular flexibility index (Phi) is 7.01. The number of amides is 2. The first kappa shape index (κ1) is 21.3. The summed E-state index contributed by atoms with van der Waals surface area (Å²) in [5.74, 6) is -1.39. The number of rotatable bonds is 7. The predicted molar refractivity (Wildman–Crippen MR) is 90.3 cm³/mol. The van der Waals surface area contributed by atoms with Gasteiger partial charge in [-0.05, 0) is 31.0 Å². The molecule has 6 nitrogen and oxygen atoms in total. The second-order valence-corrected chi connectivity index (χ2v) is 6.25. The molecule has 0 heterocycles. The zero-order chi connectivity index (χ0) is 20.0. The molecule has 0 aliphatic rings. The van der Waals surface area contributed by atoms with E-state index in [0.29, 0.717) is 5.69 Å². The van der Waals surface area contributed by atoms with E-state index in [4.69, 9.17) is 0 Å². The van der Waals surface area contributed by atoms with Crippen molar-refractivity contribution < 1.29 is 22.8 Å². The van der Waals surface area contributed by atoms with Gasteiger partial charge in [-0.1, -0.05) is 19.9 Å². The molecule has 1 unspecified atom stereocenters. The number of hydrogen-bond acceptors (Lipinski definition) is 4. The molecule has 0 aliphatic heterocycles. The lowest BCUT2D eigenvalue weighted by Crippen LogP contribution is -2.50. The normalized spacial score (nSPS) is 13.5. The van der Waals surface area contributed by atoms with E-state index in [2.05, 4.69) is 16.7 Å². The number of anilines is 1. The average molecular weight is 370 g/mol. The molecule has 3 N–H and O–H groups in total. The summed E-state index contributed by atoms with van der Waals surface area (Å²) in [6.07, 6.45) is -4.49. The minimum atomic E-state index is -4.49. The molecule has 0 saturated carbocycles. The monoisotopic (exact) mass is 370 g/mol. The summed E-state index contributed by atoms with van der Waals surface area (Å²) in [5, 5.41) is 16.4. The summed E-state index contributed by atoms with van der Waals surface area (Å²) in [7, 11) is 0. The molecule has 0 saturated heterocycles. The van der Waals surface area contributed by atoms with Crippen LogP contribution in [0.1, 0.15) is 31.1 Å². The smallest absolute Gasteiger partial charge is 0.376 e. The molecule has 0 spiro atoms. The van der Waals surface area contributed by atoms with E-state index in [1.54, 1.807) is 32.2 Å². The van der Waals surface area contributed by atoms with Gasteiger partial charge in [-0.25, -0.2) is 0 Å². The van der Waals surface area contributed by atoms with Crippen molar-refractivity contribution in [1.82, 2.24) is 10.6 Å². The van der Waals surface area contributed by atoms with Crippen LogP contribution in [0.15, 0.2) is 24.3 Å². The maximum atomic E-state index is 12.1. The summed E-state index contributed by atoms with van der Waals surface area (Å²) < 4.78 is 36.4. The molecule has 9 heteroatoms. The number of hydrogen-bond donors (Lipinski definition) is 3. The third-order valence-electron chi connectivity index (χ3n) is 3.81. The number of nitrogens with one attached hydrogen (secondary N) is 3. The lowest BCUT2D eigenvalue weighted by molar-refractivity contribution is -0.123. The van der Waals surface area contributed by atoms with Crippen LogP contribution in [0.2, 0.25) is 0 Å². The Balaban J connectivity index is 2.65. The number of alkyl halides is 3. The van der Waals surface area contributed by atoms with Crippen LogP contribution in [0.4, 0.5) is 18.9 Å². The Hall–Kier alpha value is -2.76. The van der Waals surface area contributed by atoms with Crippen LogP contribution in [-0.4, -0.2) is 36.6 Å². The molecule has 0 radical (unpaired) electrons. The van der Waals surface area contributed by atoms with Gasteiger partial charge < -0.3 is 16.0 Å². The van der Waals surface area contributed by atoms with Crippen LogP contribution in [0, 0.1) is 17.2 Å². The van der Waals surface area contributed by atoms with Crippen LogP contribution >= 0.6 is 0 Å². The summed E-state index contributed by atoms with van der Waals surface area (Å²) >= 11 is 0. The molecule has 0 fully saturated rings. The van der Waals surface area contributed by atoms with E-state index in [9.17, 15) is 28.0 Å². The number of carbonyl (C=O) groups is 2. The van der Waals surface area contributed by atoms with Crippen molar-refractivity contribution in [2.45, 2.75) is 32.5 Å². The van der Waals surface area contributed by atoms with Crippen molar-refractivity contribution in [1.29, 1.82) is 5.26 Å². The topological polar surface area (TPSA) is 94.0 Å². The van der Waals surface area contributed by atoms with E-state index in [0.717, 1.165) is 0 Å². The second-order valence-electron chi connectivity index (χ2n) is 6.25. The van der Waals surface area contributed by atoms with Crippen LogP contribution < -0.4 is 16.0 Å². The largest absolute Gasteiger partial charge is 0.405 e. The molecule has 1 rings (SSSR count). The fraction of sp³-hybridized carbons (Fsp3) is 0.471. The van der Waals surface area contributed by atoms with Crippen molar-refractivity contribution in [2.24, 2.45) is 5.92 Å². The van der Waals surface area contributed by atoms with Gasteiger partial charge in [-0.15, -0.1) is 0 Å². The van der Waals surface area contributed by atoms with Crippen molar-refractivity contribution >= 4 is 17.5 Å². The van der Waals surface area contributed by atoms with Gasteiger partial charge in [0.15, 0.2) is 0 Å². The standard InChI is InChI=1S/C17H21F3N4O2/c1-11(2)16(3,9-21)24-14(25)8-22-13-6-4-5-12(7-13)15(26)23-10-17(18,19)20/h4-7,11,22H,8,10H2,1-3H3,(H,23,26)(H,24,25). The maximum Gasteiger partial charge on any atom is 0.405 e. The van der Waals surface area contributed by atoms with Gasteiger partial charge in [0.05, 0.1) is 12.6 Å². The van der Waals surface area contributed by atoms with Crippen LogP contribution in [-0.2, 0) is 4.79 Å². The highest BCUT2D eigenvalue weighted by atomic mass is 19.4. The Bertz CT molecular complexity index is 698. The Morgan fingerprint density at radius 1 is 1.27 bits per heavy atom. The molecular weight excluding hydrogens is 349 g/mol. The van der Waals surface area contributed by atoms with Gasteiger partial charge in [0.2, 0.25) is 5.91 Å². The van der Waals surface area contributed by atoms with E-state index >= 15 is 0 Å². The predicted octanol–water partition coefficient (Wildman–Crippen LogP) is 2.45. The second kappa shape index (κ2) is 8.56. The quantitative estimate of drug-likeness (QED) is 0.687. The molecule has 1 atom stereocenters. The molecule has 0 bridgehead atoms. The van der Waals surface area contributed by atoms with E-state index in [-0.39, 0.29) is 18.0 Å². The number of nitrogens with zero attached hydrogens (tertiary/aromatic N) is 1. The van der Waals surface area contributed by atoms with Gasteiger partial charge in [-0.3, -0.25) is 9.59 Å². The third kappa shape index (κ3) is 6.63. The summed E-state index contributed by atoms with van der Waals surface area (Å²) in [4.78, 5) is 23.7. The lowest BCUT2D eigenvalue weighted by atomic mass is 9.90. The van der Waals surface area contributed by atoms with Crippen molar-refractivity contribution in [3.63, 3.8) is 0 Å². The molecule has 2 amide bonds. The zero-order valence-corrected chi connectivity index (χ0v) is 14.7.